The van der Waals surface area contributed by atoms with Crippen LogP contribution in [-0.2, 0) is 9.59 Å². The molecule has 0 aromatic heterocycles. The second-order valence-corrected chi connectivity index (χ2v) is 4.83. The highest BCUT2D eigenvalue weighted by Crippen LogP contribution is 2.15. The van der Waals surface area contributed by atoms with Crippen molar-refractivity contribution in [1.82, 2.24) is 5.32 Å². The molecule has 0 heterocycles. The van der Waals surface area contributed by atoms with Crippen molar-refractivity contribution in [2.75, 3.05) is 0 Å². The minimum absolute atomic E-state index is 0.350. The quantitative estimate of drug-likeness (QED) is 0.784. The zero-order chi connectivity index (χ0) is 15.2. The van der Waals surface area contributed by atoms with E-state index in [4.69, 9.17) is 0 Å². The minimum atomic E-state index is -1.19. The van der Waals surface area contributed by atoms with Crippen molar-refractivity contribution < 1.29 is 14.7 Å². The molecule has 0 unspecified atom stereocenters. The molecule has 0 bridgehead atoms. The molecule has 0 spiro atoms. The van der Waals surface area contributed by atoms with Crippen molar-refractivity contribution in [1.29, 1.82) is 0 Å². The van der Waals surface area contributed by atoms with E-state index >= 15 is 0 Å². The fourth-order valence-corrected chi connectivity index (χ4v) is 1.91. The van der Waals surface area contributed by atoms with Gasteiger partial charge in [0, 0.05) is 6.08 Å². The molecule has 0 aliphatic rings. The number of hydrogen-bond acceptors (Lipinski definition) is 2. The average molecular weight is 275 g/mol. The van der Waals surface area contributed by atoms with Gasteiger partial charge in [-0.3, -0.25) is 4.79 Å². The zero-order valence-electron chi connectivity index (χ0n) is 12.1. The first kappa shape index (κ1) is 16.0. The number of carboxylic acids is 1. The van der Waals surface area contributed by atoms with E-state index in [0.717, 1.165) is 11.1 Å². The molecular weight excluding hydrogens is 254 g/mol. The second kappa shape index (κ2) is 6.89. The molecule has 1 amide bonds. The highest BCUT2D eigenvalue weighted by Gasteiger charge is 2.35. The van der Waals surface area contributed by atoms with Crippen LogP contribution in [0, 0.1) is 6.92 Å². The maximum Gasteiger partial charge on any atom is 0.329 e. The van der Waals surface area contributed by atoms with Crippen LogP contribution in [-0.4, -0.2) is 22.5 Å². The van der Waals surface area contributed by atoms with Crippen LogP contribution in [0.4, 0.5) is 0 Å². The molecule has 1 aromatic rings. The number of carboxylic acid groups (broad SMARTS) is 1. The summed E-state index contributed by atoms with van der Waals surface area (Å²) in [5.74, 6) is -1.39. The Hall–Kier alpha value is -2.10. The Balaban J connectivity index is 2.76. The van der Waals surface area contributed by atoms with E-state index < -0.39 is 17.4 Å². The molecule has 0 atom stereocenters. The number of hydrogen-bond donors (Lipinski definition) is 2. The number of carbonyl (C=O) groups is 2. The molecule has 0 aliphatic heterocycles. The van der Waals surface area contributed by atoms with Crippen molar-refractivity contribution in [3.63, 3.8) is 0 Å². The lowest BCUT2D eigenvalue weighted by Gasteiger charge is -2.27. The van der Waals surface area contributed by atoms with Gasteiger partial charge in [-0.25, -0.2) is 4.79 Å². The molecule has 0 radical (unpaired) electrons. The molecule has 108 valence electrons. The van der Waals surface area contributed by atoms with Gasteiger partial charge in [0.15, 0.2) is 0 Å². The standard InChI is InChI=1S/C16H21NO3/c1-4-16(5-2,15(19)20)17-14(18)11-10-13-8-6-12(3)7-9-13/h6-11H,4-5H2,1-3H3,(H,17,18)(H,19,20). The molecule has 0 aliphatic carbocycles. The Labute approximate surface area is 119 Å². The number of aryl methyl sites for hydroxylation is 1. The number of aliphatic carboxylic acids is 1. The Morgan fingerprint density at radius 1 is 1.20 bits per heavy atom. The lowest BCUT2D eigenvalue weighted by Crippen LogP contribution is -2.53. The van der Waals surface area contributed by atoms with E-state index in [-0.39, 0.29) is 0 Å². The Bertz CT molecular complexity index is 499. The highest BCUT2D eigenvalue weighted by molar-refractivity contribution is 5.95. The maximum atomic E-state index is 11.9. The molecule has 4 nitrogen and oxygen atoms in total. The molecule has 1 aromatic carbocycles. The first-order valence-corrected chi connectivity index (χ1v) is 6.74. The monoisotopic (exact) mass is 275 g/mol. The Morgan fingerprint density at radius 2 is 1.75 bits per heavy atom. The number of nitrogens with one attached hydrogen (secondary N) is 1. The Morgan fingerprint density at radius 3 is 2.20 bits per heavy atom. The van der Waals surface area contributed by atoms with Crippen molar-refractivity contribution in [3.8, 4) is 0 Å². The highest BCUT2D eigenvalue weighted by atomic mass is 16.4. The summed E-state index contributed by atoms with van der Waals surface area (Å²) in [6.45, 7) is 5.49. The average Bonchev–Trinajstić information content (AvgIpc) is 2.44. The van der Waals surface area contributed by atoms with Gasteiger partial charge in [0.05, 0.1) is 0 Å². The van der Waals surface area contributed by atoms with Crippen LogP contribution in [0.2, 0.25) is 0 Å². The van der Waals surface area contributed by atoms with Gasteiger partial charge in [-0.15, -0.1) is 0 Å². The first-order chi connectivity index (χ1) is 9.43. The number of rotatable bonds is 6. The fraction of sp³-hybridized carbons (Fsp3) is 0.375. The van der Waals surface area contributed by atoms with Crippen LogP contribution in [0.15, 0.2) is 30.3 Å². The summed E-state index contributed by atoms with van der Waals surface area (Å²) < 4.78 is 0. The number of benzene rings is 1. The summed E-state index contributed by atoms with van der Waals surface area (Å²) in [5, 5.41) is 11.8. The largest absolute Gasteiger partial charge is 0.480 e. The summed E-state index contributed by atoms with van der Waals surface area (Å²) >= 11 is 0. The third-order valence-corrected chi connectivity index (χ3v) is 3.48. The van der Waals surface area contributed by atoms with Gasteiger partial charge in [-0.2, -0.15) is 0 Å². The van der Waals surface area contributed by atoms with Crippen LogP contribution in [0.5, 0.6) is 0 Å². The van der Waals surface area contributed by atoms with Crippen LogP contribution < -0.4 is 5.32 Å². The predicted octanol–water partition coefficient (Wildman–Crippen LogP) is 2.77. The lowest BCUT2D eigenvalue weighted by atomic mass is 9.93. The number of carbonyl (C=O) groups excluding carboxylic acids is 1. The smallest absolute Gasteiger partial charge is 0.329 e. The summed E-state index contributed by atoms with van der Waals surface area (Å²) in [6.07, 6.45) is 3.74. The normalized spacial score (nSPS) is 11.6. The molecule has 2 N–H and O–H groups in total. The van der Waals surface area contributed by atoms with E-state index in [0.29, 0.717) is 12.8 Å². The van der Waals surface area contributed by atoms with Crippen LogP contribution in [0.1, 0.15) is 37.8 Å². The summed E-state index contributed by atoms with van der Waals surface area (Å²) in [4.78, 5) is 23.2. The van der Waals surface area contributed by atoms with E-state index in [2.05, 4.69) is 5.32 Å². The zero-order valence-corrected chi connectivity index (χ0v) is 12.1. The van der Waals surface area contributed by atoms with E-state index in [1.54, 1.807) is 19.9 Å². The van der Waals surface area contributed by atoms with Gasteiger partial charge in [-0.05, 0) is 31.4 Å². The van der Waals surface area contributed by atoms with Gasteiger partial charge < -0.3 is 10.4 Å². The Kier molecular flexibility index (Phi) is 5.50. The van der Waals surface area contributed by atoms with E-state index in [1.807, 2.05) is 31.2 Å². The van der Waals surface area contributed by atoms with Crippen LogP contribution in [0.25, 0.3) is 6.08 Å². The van der Waals surface area contributed by atoms with E-state index in [1.165, 1.54) is 6.08 Å². The van der Waals surface area contributed by atoms with Crippen LogP contribution >= 0.6 is 0 Å². The van der Waals surface area contributed by atoms with Gasteiger partial charge in [0.2, 0.25) is 5.91 Å². The van der Waals surface area contributed by atoms with Gasteiger partial charge >= 0.3 is 5.97 Å². The van der Waals surface area contributed by atoms with Crippen LogP contribution in [0.3, 0.4) is 0 Å². The summed E-state index contributed by atoms with van der Waals surface area (Å²) in [6, 6.07) is 7.72. The predicted molar refractivity (Wildman–Crippen MR) is 79.3 cm³/mol. The van der Waals surface area contributed by atoms with Crippen molar-refractivity contribution in [3.05, 3.63) is 41.5 Å². The van der Waals surface area contributed by atoms with E-state index in [9.17, 15) is 14.7 Å². The number of amides is 1. The lowest BCUT2D eigenvalue weighted by molar-refractivity contribution is -0.147. The maximum absolute atomic E-state index is 11.9. The third kappa shape index (κ3) is 3.95. The topological polar surface area (TPSA) is 66.4 Å². The molecule has 0 saturated carbocycles. The molecular formula is C16H21NO3. The minimum Gasteiger partial charge on any atom is -0.480 e. The second-order valence-electron chi connectivity index (χ2n) is 4.83. The van der Waals surface area contributed by atoms with Crippen molar-refractivity contribution >= 4 is 18.0 Å². The summed E-state index contributed by atoms with van der Waals surface area (Å²) in [5.41, 5.74) is 0.863. The molecule has 1 rings (SSSR count). The summed E-state index contributed by atoms with van der Waals surface area (Å²) in [7, 11) is 0. The van der Waals surface area contributed by atoms with Gasteiger partial charge in [0.25, 0.3) is 0 Å². The first-order valence-electron chi connectivity index (χ1n) is 6.74. The SMILES string of the molecule is CCC(CC)(NC(=O)C=Cc1ccc(C)cc1)C(=O)O. The van der Waals surface area contributed by atoms with Crippen molar-refractivity contribution in [2.24, 2.45) is 0 Å². The van der Waals surface area contributed by atoms with Gasteiger partial charge in [-0.1, -0.05) is 43.7 Å². The fourth-order valence-electron chi connectivity index (χ4n) is 1.91. The third-order valence-electron chi connectivity index (χ3n) is 3.48. The molecule has 20 heavy (non-hydrogen) atoms. The van der Waals surface area contributed by atoms with Crippen molar-refractivity contribution in [2.45, 2.75) is 39.2 Å². The van der Waals surface area contributed by atoms with Gasteiger partial charge in [0.1, 0.15) is 5.54 Å². The molecule has 0 saturated heterocycles. The molecule has 0 fully saturated rings. The molecule has 4 heteroatoms.